The predicted octanol–water partition coefficient (Wildman–Crippen LogP) is 10.7. The van der Waals surface area contributed by atoms with Crippen LogP contribution in [0.15, 0.2) is 121 Å². The molecule has 0 aliphatic carbocycles. The van der Waals surface area contributed by atoms with Crippen LogP contribution in [0, 0.1) is 17.9 Å². The molecule has 4 amide bonds. The van der Waals surface area contributed by atoms with E-state index in [-0.39, 0.29) is 66.6 Å². The number of Topliss-reactive ketones (excluding diaryl/α,β-unsaturated/α-hetero) is 2. The van der Waals surface area contributed by atoms with Gasteiger partial charge in [-0.1, -0.05) is 30.8 Å². The number of thioether (sulfide) groups is 1. The molecule has 3 heterocycles. The van der Waals surface area contributed by atoms with Gasteiger partial charge in [0.2, 0.25) is 29.9 Å². The van der Waals surface area contributed by atoms with Gasteiger partial charge < -0.3 is 51.6 Å². The number of nitrogens with zero attached hydrogens (tertiary/aromatic N) is 11. The van der Waals surface area contributed by atoms with E-state index in [4.69, 9.17) is 62.0 Å². The lowest BCUT2D eigenvalue weighted by Gasteiger charge is -2.25. The minimum atomic E-state index is -5.26. The van der Waals surface area contributed by atoms with E-state index >= 15 is 0 Å². The summed E-state index contributed by atoms with van der Waals surface area (Å²) in [7, 11) is -8.53. The molecule has 34 nitrogen and oxygen atoms in total. The molecule has 0 aliphatic heterocycles. The Morgan fingerprint density at radius 3 is 1.61 bits per heavy atom. The Labute approximate surface area is 592 Å². The Morgan fingerprint density at radius 1 is 0.703 bits per heavy atom. The van der Waals surface area contributed by atoms with Crippen molar-refractivity contribution < 1.29 is 76.5 Å². The number of hydrogen-bond donors (Lipinski definition) is 7. The number of benzene rings is 4. The number of rotatable bonds is 30. The Balaban J connectivity index is 0.00000218. The van der Waals surface area contributed by atoms with Crippen molar-refractivity contribution in [3.05, 3.63) is 122 Å². The zero-order valence-corrected chi connectivity index (χ0v) is 59.6. The van der Waals surface area contributed by atoms with Crippen molar-refractivity contribution in [2.24, 2.45) is 26.2 Å². The number of thiophene rings is 2. The summed E-state index contributed by atoms with van der Waals surface area (Å²) < 4.78 is 99.1. The zero-order chi connectivity index (χ0) is 74.8. The number of primary amides is 1. The molecule has 0 saturated carbocycles. The molecule has 0 spiro atoms. The average molecular weight is 1500 g/mol. The lowest BCUT2D eigenvalue weighted by Crippen LogP contribution is -2.22. The Hall–Kier alpha value is -11.5. The highest BCUT2D eigenvalue weighted by molar-refractivity contribution is 7.99. The molecule has 4 aromatic carbocycles. The van der Waals surface area contributed by atoms with E-state index in [1.807, 2.05) is 44.4 Å². The molecular weight excluding hydrogens is 1440 g/mol. The molecule has 8 N–H and O–H groups in total. The smallest absolute Gasteiger partial charge is 0.425 e. The van der Waals surface area contributed by atoms with Crippen LogP contribution in [-0.4, -0.2) is 135 Å². The first-order valence-corrected chi connectivity index (χ1v) is 35.1. The van der Waals surface area contributed by atoms with Gasteiger partial charge in [0.25, 0.3) is 21.9 Å². The van der Waals surface area contributed by atoms with Crippen LogP contribution in [0.3, 0.4) is 0 Å². The van der Waals surface area contributed by atoms with Crippen LogP contribution in [0.25, 0.3) is 17.0 Å². The Morgan fingerprint density at radius 2 is 1.18 bits per heavy atom. The van der Waals surface area contributed by atoms with Gasteiger partial charge in [-0.15, -0.1) is 63.3 Å². The van der Waals surface area contributed by atoms with Gasteiger partial charge in [0.1, 0.15) is 44.4 Å². The van der Waals surface area contributed by atoms with Gasteiger partial charge in [-0.05, 0) is 114 Å². The SMILES string of the molecule is O=S(=O)=O.O=S(=O)=O.[C-]#[N+]c1cc(/C=C(\C(C)=O)C(=O)Nc2cccc(NC=O)c2)sc1N=Nc1cc(OC)c(N(CC)CC)cc1Nc1nc(Nc2cc(N(CC)CC)c(OC)cc2N=Nc2sc(/C=C(/C(C)=O)C(=O)Nc3cccc(C(N)=O)c3)c(S(=O)(=O)O)c2C#N)nc(SCC)n1. The van der Waals surface area contributed by atoms with E-state index in [1.54, 1.807) is 42.5 Å². The molecule has 0 fully saturated rings. The summed E-state index contributed by atoms with van der Waals surface area (Å²) in [5.74, 6) is -2.67. The number of hydrogen-bond acceptors (Lipinski definition) is 31. The molecule has 7 aromatic rings. The summed E-state index contributed by atoms with van der Waals surface area (Å²) in [6, 6.07) is 21.8. The monoisotopic (exact) mass is 1500 g/mol. The lowest BCUT2D eigenvalue weighted by atomic mass is 10.1. The van der Waals surface area contributed by atoms with Crippen LogP contribution in [0.2, 0.25) is 0 Å². The Bertz CT molecular complexity index is 4870. The summed E-state index contributed by atoms with van der Waals surface area (Å²) in [5, 5.41) is 42.6. The van der Waals surface area contributed by atoms with Crippen molar-refractivity contribution in [1.29, 1.82) is 5.26 Å². The molecule has 0 radical (unpaired) electrons. The minimum Gasteiger partial charge on any atom is -0.494 e. The van der Waals surface area contributed by atoms with Crippen molar-refractivity contribution in [2.75, 3.05) is 82.5 Å². The maximum atomic E-state index is 13.6. The number of amides is 4. The first-order valence-electron chi connectivity index (χ1n) is 29.1. The third-order valence-corrected chi connectivity index (χ3v) is 17.1. The van der Waals surface area contributed by atoms with E-state index in [2.05, 4.69) is 51.9 Å². The molecule has 3 aromatic heterocycles. The lowest BCUT2D eigenvalue weighted by molar-refractivity contribution is -0.120. The topological polar surface area (TPSA) is 487 Å². The second-order valence-corrected chi connectivity index (χ2v) is 25.1. The highest BCUT2D eigenvalue weighted by Gasteiger charge is 2.30. The maximum Gasteiger partial charge on any atom is 0.425 e. The molecule has 0 saturated heterocycles. The summed E-state index contributed by atoms with van der Waals surface area (Å²) in [5.41, 5.74) is 6.89. The highest BCUT2D eigenvalue weighted by Crippen LogP contribution is 2.46. The van der Waals surface area contributed by atoms with Crippen molar-refractivity contribution in [3.63, 3.8) is 0 Å². The van der Waals surface area contributed by atoms with Crippen LogP contribution < -0.4 is 51.6 Å². The number of anilines is 9. The second-order valence-electron chi connectivity index (χ2n) is 19.6. The van der Waals surface area contributed by atoms with Crippen molar-refractivity contribution >= 4 is 192 Å². The summed E-state index contributed by atoms with van der Waals surface area (Å²) in [6.07, 6.45) is 2.73. The minimum absolute atomic E-state index is 0.0109. The number of carbonyl (C=O) groups is 6. The maximum absolute atomic E-state index is 13.6. The summed E-state index contributed by atoms with van der Waals surface area (Å²) in [6.45, 7) is 22.2. The standard InChI is InChI=1S/C61H61N17O11S4.2O3S/c1-11-77(12-2)48-27-43(45(29-50(48)88-9)73-75-57-42(31-62)53(93(85,86)87)52(92-57)26-41(34(7)81)56(84)66-37-20-16-18-35(22-37)54(63)82)68-59-70-60(72-61(71-59)90-15-5)69-44-28-49(78(13-3)14-4)51(89-10)30-46(44)74-76-58-47(64-8)25-39(91-58)24-40(33(6)80)55(83)67-38-21-17-19-36(23-38)65-32-79;2*1-4(2)3/h16-30,32H,11-15H2,1-7,9-10H3,(H2,63,82)(H,65,79)(H,66,84)(H,67,83)(H,85,86,87)(H2,68,69,70,71,72);;/b40-24+,41-26-,75-73?,76-74?;;. The molecule has 0 bridgehead atoms. The third kappa shape index (κ3) is 22.8. The largest absolute Gasteiger partial charge is 0.494 e. The average Bonchev–Trinajstić information content (AvgIpc) is 1.69. The first kappa shape index (κ1) is 80.2. The van der Waals surface area contributed by atoms with E-state index in [1.165, 1.54) is 81.4 Å². The molecule has 40 heteroatoms. The van der Waals surface area contributed by atoms with Crippen LogP contribution in [0.5, 0.6) is 11.5 Å². The molecule has 7 rings (SSSR count). The fraction of sp³-hybridized carbons (Fsp3) is 0.230. The molecule has 0 aliphatic rings. The molecule has 101 heavy (non-hydrogen) atoms. The van der Waals surface area contributed by atoms with E-state index in [9.17, 15) is 47.0 Å². The fourth-order valence-electron chi connectivity index (χ4n) is 8.92. The first-order chi connectivity index (χ1) is 48.0. The van der Waals surface area contributed by atoms with Gasteiger partial charge in [-0.2, -0.15) is 33.7 Å². The van der Waals surface area contributed by atoms with Gasteiger partial charge in [-0.25, -0.2) is 4.85 Å². The molecular formula is C61H61N17O17S6. The number of carbonyl (C=O) groups excluding carboxylic acids is 6. The van der Waals surface area contributed by atoms with Gasteiger partial charge in [-0.3, -0.25) is 33.3 Å². The van der Waals surface area contributed by atoms with Gasteiger partial charge >= 0.3 is 21.2 Å². The second kappa shape index (κ2) is 38.0. The van der Waals surface area contributed by atoms with Gasteiger partial charge in [0.15, 0.2) is 21.7 Å². The number of ether oxygens (including phenoxy) is 2. The fourth-order valence-corrected chi connectivity index (χ4v) is 12.5. The molecule has 528 valence electrons. The van der Waals surface area contributed by atoms with E-state index < -0.39 is 81.5 Å². The normalized spacial score (nSPS) is 11.1. The number of methoxy groups -OCH3 is 2. The predicted molar refractivity (Wildman–Crippen MR) is 379 cm³/mol. The van der Waals surface area contributed by atoms with Crippen LogP contribution in [-0.2, 0) is 55.3 Å². The van der Waals surface area contributed by atoms with Gasteiger partial charge in [0.05, 0.1) is 59.6 Å². The number of ketones is 2. The number of nitrogens with two attached hydrogens (primary N) is 1. The van der Waals surface area contributed by atoms with Crippen LogP contribution in [0.4, 0.5) is 78.8 Å². The summed E-state index contributed by atoms with van der Waals surface area (Å²) in [4.78, 5) is 96.8. The van der Waals surface area contributed by atoms with Crippen molar-refractivity contribution in [2.45, 2.75) is 58.5 Å². The molecule has 0 unspecified atom stereocenters. The third-order valence-electron chi connectivity index (χ3n) is 13.3. The van der Waals surface area contributed by atoms with Crippen LogP contribution in [0.1, 0.15) is 74.1 Å². The Kier molecular flexibility index (Phi) is 30.2. The number of azo groups is 2. The van der Waals surface area contributed by atoms with Gasteiger partial charge in [0, 0.05) is 65.8 Å². The molecule has 0 atom stereocenters. The van der Waals surface area contributed by atoms with Crippen LogP contribution >= 0.6 is 34.4 Å². The number of aromatic nitrogens is 3. The highest BCUT2D eigenvalue weighted by atomic mass is 32.2. The number of nitrogens with one attached hydrogen (secondary N) is 5. The van der Waals surface area contributed by atoms with Crippen molar-refractivity contribution in [3.8, 4) is 17.6 Å². The van der Waals surface area contributed by atoms with Crippen molar-refractivity contribution in [1.82, 2.24) is 15.0 Å². The van der Waals surface area contributed by atoms with E-state index in [0.29, 0.717) is 94.5 Å². The zero-order valence-electron chi connectivity index (χ0n) is 54.7. The summed E-state index contributed by atoms with van der Waals surface area (Å²) >= 11 is 2.82. The number of nitriles is 1. The quantitative estimate of drug-likeness (QED) is 0.00321. The van der Waals surface area contributed by atoms with E-state index in [0.717, 1.165) is 24.3 Å².